The molecule has 6 heteroatoms. The maximum atomic E-state index is 11.4. The van der Waals surface area contributed by atoms with Crippen LogP contribution in [0, 0.1) is 5.92 Å². The van der Waals surface area contributed by atoms with Crippen molar-refractivity contribution in [3.8, 4) is 0 Å². The largest absolute Gasteiger partial charge is 0.393 e. The minimum absolute atomic E-state index is 0.0961. The van der Waals surface area contributed by atoms with Crippen molar-refractivity contribution in [2.24, 2.45) is 11.0 Å². The fourth-order valence-electron chi connectivity index (χ4n) is 1.55. The Kier molecular flexibility index (Phi) is 3.73. The second-order valence-corrected chi connectivity index (χ2v) is 3.56. The molecule has 1 fully saturated rings. The van der Waals surface area contributed by atoms with E-state index in [0.29, 0.717) is 19.5 Å². The average molecular weight is 198 g/mol. The first-order chi connectivity index (χ1) is 6.65. The van der Waals surface area contributed by atoms with Crippen LogP contribution < -0.4 is 0 Å². The summed E-state index contributed by atoms with van der Waals surface area (Å²) in [6, 6.07) is 0. The second kappa shape index (κ2) is 4.83. The van der Waals surface area contributed by atoms with E-state index < -0.39 is 0 Å². The van der Waals surface area contributed by atoms with E-state index in [1.54, 1.807) is 4.90 Å². The van der Waals surface area contributed by atoms with Crippen LogP contribution in [0.25, 0.3) is 10.4 Å². The summed E-state index contributed by atoms with van der Waals surface area (Å²) < 4.78 is 0. The van der Waals surface area contributed by atoms with E-state index in [4.69, 9.17) is 5.53 Å². The van der Waals surface area contributed by atoms with Crippen molar-refractivity contribution in [3.63, 3.8) is 0 Å². The van der Waals surface area contributed by atoms with Gasteiger partial charge in [0.2, 0.25) is 5.91 Å². The molecule has 2 atom stereocenters. The van der Waals surface area contributed by atoms with Gasteiger partial charge in [-0.05, 0) is 17.9 Å². The third-order valence-corrected chi connectivity index (χ3v) is 2.48. The van der Waals surface area contributed by atoms with E-state index in [2.05, 4.69) is 10.0 Å². The minimum atomic E-state index is -0.321. The lowest BCUT2D eigenvalue weighted by Gasteiger charge is -2.34. The lowest BCUT2D eigenvalue weighted by molar-refractivity contribution is -0.133. The van der Waals surface area contributed by atoms with Crippen LogP contribution in [0.4, 0.5) is 0 Å². The number of piperidine rings is 1. The Labute approximate surface area is 82.1 Å². The minimum Gasteiger partial charge on any atom is -0.393 e. The zero-order valence-corrected chi connectivity index (χ0v) is 8.13. The monoisotopic (exact) mass is 198 g/mol. The van der Waals surface area contributed by atoms with Crippen LogP contribution >= 0.6 is 0 Å². The highest BCUT2D eigenvalue weighted by Crippen LogP contribution is 2.16. The summed E-state index contributed by atoms with van der Waals surface area (Å²) in [7, 11) is 0. The number of aliphatic hydroxyl groups excluding tert-OH is 1. The van der Waals surface area contributed by atoms with E-state index in [0.717, 1.165) is 0 Å². The van der Waals surface area contributed by atoms with E-state index in [1.807, 2.05) is 6.92 Å². The fraction of sp³-hybridized carbons (Fsp3) is 0.875. The SMILES string of the molecule is C[C@H]1CN(C(=O)CN=[N+]=[N-])CC[C@H]1O. The van der Waals surface area contributed by atoms with Crippen LogP contribution in [0.5, 0.6) is 0 Å². The molecule has 0 aromatic heterocycles. The van der Waals surface area contributed by atoms with Crippen LogP contribution in [0.3, 0.4) is 0 Å². The zero-order chi connectivity index (χ0) is 10.6. The summed E-state index contributed by atoms with van der Waals surface area (Å²) in [5, 5.41) is 12.7. The molecule has 78 valence electrons. The molecule has 0 unspecified atom stereocenters. The lowest BCUT2D eigenvalue weighted by Crippen LogP contribution is -2.45. The third-order valence-electron chi connectivity index (χ3n) is 2.48. The number of nitrogens with zero attached hydrogens (tertiary/aromatic N) is 4. The van der Waals surface area contributed by atoms with E-state index in [9.17, 15) is 9.90 Å². The molecule has 0 aromatic carbocycles. The molecular formula is C8H14N4O2. The molecule has 0 radical (unpaired) electrons. The maximum Gasteiger partial charge on any atom is 0.228 e. The zero-order valence-electron chi connectivity index (χ0n) is 8.13. The molecular weight excluding hydrogens is 184 g/mol. The van der Waals surface area contributed by atoms with Crippen molar-refractivity contribution in [1.29, 1.82) is 0 Å². The Morgan fingerprint density at radius 2 is 2.50 bits per heavy atom. The molecule has 0 saturated carbocycles. The summed E-state index contributed by atoms with van der Waals surface area (Å²) >= 11 is 0. The first kappa shape index (κ1) is 10.8. The number of carbonyl (C=O) groups excluding carboxylic acids is 1. The van der Waals surface area contributed by atoms with Crippen LogP contribution in [0.15, 0.2) is 5.11 Å². The molecule has 1 aliphatic rings. The highest BCUT2D eigenvalue weighted by molar-refractivity contribution is 5.78. The van der Waals surface area contributed by atoms with E-state index in [-0.39, 0.29) is 24.5 Å². The molecule has 0 aromatic rings. The Morgan fingerprint density at radius 1 is 1.79 bits per heavy atom. The molecule has 1 rings (SSSR count). The standard InChI is InChI=1S/C8H14N4O2/c1-6-5-12(3-2-7(6)13)8(14)4-10-11-9/h6-7,13H,2-5H2,1H3/t6-,7+/m0/s1. The summed E-state index contributed by atoms with van der Waals surface area (Å²) in [5.41, 5.74) is 8.06. The van der Waals surface area contributed by atoms with Crippen molar-refractivity contribution >= 4 is 5.91 Å². The predicted molar refractivity (Wildman–Crippen MR) is 50.4 cm³/mol. The van der Waals surface area contributed by atoms with Crippen molar-refractivity contribution in [2.45, 2.75) is 19.4 Å². The number of hydrogen-bond acceptors (Lipinski definition) is 3. The van der Waals surface area contributed by atoms with Gasteiger partial charge in [0, 0.05) is 18.0 Å². The van der Waals surface area contributed by atoms with Gasteiger partial charge in [0.05, 0.1) is 6.10 Å². The molecule has 1 amide bonds. The first-order valence-corrected chi connectivity index (χ1v) is 4.62. The smallest absolute Gasteiger partial charge is 0.228 e. The van der Waals surface area contributed by atoms with E-state index in [1.165, 1.54) is 0 Å². The Morgan fingerprint density at radius 3 is 3.07 bits per heavy atom. The summed E-state index contributed by atoms with van der Waals surface area (Å²) in [4.78, 5) is 15.6. The Balaban J connectivity index is 2.46. The number of hydrogen-bond donors (Lipinski definition) is 1. The average Bonchev–Trinajstić information content (AvgIpc) is 2.18. The van der Waals surface area contributed by atoms with Gasteiger partial charge in [-0.3, -0.25) is 4.79 Å². The highest BCUT2D eigenvalue weighted by Gasteiger charge is 2.26. The maximum absolute atomic E-state index is 11.4. The molecule has 0 aliphatic carbocycles. The molecule has 1 aliphatic heterocycles. The van der Waals surface area contributed by atoms with Gasteiger partial charge in [0.1, 0.15) is 6.54 Å². The van der Waals surface area contributed by atoms with Gasteiger partial charge in [0.25, 0.3) is 0 Å². The first-order valence-electron chi connectivity index (χ1n) is 4.62. The van der Waals surface area contributed by atoms with Crippen LogP contribution in [-0.4, -0.2) is 41.7 Å². The van der Waals surface area contributed by atoms with Gasteiger partial charge in [-0.25, -0.2) is 0 Å². The number of carbonyl (C=O) groups is 1. The summed E-state index contributed by atoms with van der Waals surface area (Å²) in [6.07, 6.45) is 0.280. The van der Waals surface area contributed by atoms with Crippen molar-refractivity contribution < 1.29 is 9.90 Å². The Bertz CT molecular complexity index is 262. The number of amides is 1. The van der Waals surface area contributed by atoms with Crippen LogP contribution in [-0.2, 0) is 4.79 Å². The van der Waals surface area contributed by atoms with E-state index >= 15 is 0 Å². The van der Waals surface area contributed by atoms with Crippen molar-refractivity contribution in [1.82, 2.24) is 4.90 Å². The van der Waals surface area contributed by atoms with Crippen molar-refractivity contribution in [3.05, 3.63) is 10.4 Å². The quantitative estimate of drug-likeness (QED) is 0.398. The van der Waals surface area contributed by atoms with Gasteiger partial charge in [-0.15, -0.1) is 0 Å². The molecule has 0 bridgehead atoms. The molecule has 1 heterocycles. The van der Waals surface area contributed by atoms with Gasteiger partial charge in [0.15, 0.2) is 0 Å². The summed E-state index contributed by atoms with van der Waals surface area (Å²) in [6.45, 7) is 2.86. The highest BCUT2D eigenvalue weighted by atomic mass is 16.3. The molecule has 1 N–H and O–H groups in total. The van der Waals surface area contributed by atoms with Gasteiger partial charge in [-0.2, -0.15) is 0 Å². The van der Waals surface area contributed by atoms with Crippen LogP contribution in [0.2, 0.25) is 0 Å². The number of rotatable bonds is 2. The topological polar surface area (TPSA) is 89.3 Å². The lowest BCUT2D eigenvalue weighted by atomic mass is 9.97. The Hall–Kier alpha value is -1.26. The van der Waals surface area contributed by atoms with Crippen LogP contribution in [0.1, 0.15) is 13.3 Å². The molecule has 14 heavy (non-hydrogen) atoms. The number of likely N-dealkylation sites (tertiary alicyclic amines) is 1. The predicted octanol–water partition coefficient (Wildman–Crippen LogP) is 0.526. The molecule has 0 spiro atoms. The molecule has 1 saturated heterocycles. The second-order valence-electron chi connectivity index (χ2n) is 3.56. The number of aliphatic hydroxyl groups is 1. The normalized spacial score (nSPS) is 26.9. The number of azide groups is 1. The van der Waals surface area contributed by atoms with Gasteiger partial charge < -0.3 is 10.0 Å². The van der Waals surface area contributed by atoms with Gasteiger partial charge >= 0.3 is 0 Å². The van der Waals surface area contributed by atoms with Crippen molar-refractivity contribution in [2.75, 3.05) is 19.6 Å². The molecule has 6 nitrogen and oxygen atoms in total. The fourth-order valence-corrected chi connectivity index (χ4v) is 1.55. The van der Waals surface area contributed by atoms with Gasteiger partial charge in [-0.1, -0.05) is 12.0 Å². The third kappa shape index (κ3) is 2.61. The summed E-state index contributed by atoms with van der Waals surface area (Å²) in [5.74, 6) is -0.0692.